The molecule has 0 heterocycles. The summed E-state index contributed by atoms with van der Waals surface area (Å²) in [5.41, 5.74) is 0.741. The summed E-state index contributed by atoms with van der Waals surface area (Å²) in [4.78, 5) is 41.2. The van der Waals surface area contributed by atoms with E-state index in [4.69, 9.17) is 23.2 Å². The highest BCUT2D eigenvalue weighted by molar-refractivity contribution is 6.18. The van der Waals surface area contributed by atoms with Crippen LogP contribution < -0.4 is 0 Å². The first-order chi connectivity index (χ1) is 13.6. The summed E-state index contributed by atoms with van der Waals surface area (Å²) in [6, 6.07) is 16.3. The minimum absolute atomic E-state index is 0.121. The number of nitrogens with zero attached hydrogens (tertiary/aromatic N) is 2. The Morgan fingerprint density at radius 2 is 1.00 bits per heavy atom. The lowest BCUT2D eigenvalue weighted by molar-refractivity contribution is 0.0685. The number of benzene rings is 2. The molecule has 0 spiro atoms. The van der Waals surface area contributed by atoms with Gasteiger partial charge in [0.1, 0.15) is 0 Å². The fourth-order valence-electron chi connectivity index (χ4n) is 2.62. The van der Waals surface area contributed by atoms with Crippen LogP contribution >= 0.6 is 23.2 Å². The summed E-state index contributed by atoms with van der Waals surface area (Å²) in [7, 11) is 0. The van der Waals surface area contributed by atoms with Crippen molar-refractivity contribution in [2.45, 2.75) is 12.8 Å². The first-order valence-corrected chi connectivity index (χ1v) is 10.1. The van der Waals surface area contributed by atoms with Crippen molar-refractivity contribution in [3.8, 4) is 0 Å². The molecule has 0 atom stereocenters. The predicted molar refractivity (Wildman–Crippen MR) is 111 cm³/mol. The Bertz CT molecular complexity index is 719. The van der Waals surface area contributed by atoms with Crippen LogP contribution in [0.4, 0.5) is 4.79 Å². The second-order valence-electron chi connectivity index (χ2n) is 6.01. The van der Waals surface area contributed by atoms with Crippen LogP contribution in [0.1, 0.15) is 33.6 Å². The molecule has 0 aliphatic carbocycles. The molecule has 2 aromatic carbocycles. The molecule has 5 nitrogen and oxygen atoms in total. The van der Waals surface area contributed by atoms with Crippen molar-refractivity contribution in [2.75, 3.05) is 24.8 Å². The summed E-state index contributed by atoms with van der Waals surface area (Å²) < 4.78 is 0. The standard InChI is InChI=1S/C21H22Cl2N2O3/c22-13-7-15-24(19(26)17-9-3-1-4-10-17)21(28)25(16-8-14-23)20(27)18-11-5-2-6-12-18/h1-6,9-12H,7-8,13-16H2. The van der Waals surface area contributed by atoms with Crippen molar-refractivity contribution in [2.24, 2.45) is 0 Å². The minimum atomic E-state index is -0.669. The zero-order chi connectivity index (χ0) is 20.4. The summed E-state index contributed by atoms with van der Waals surface area (Å²) in [5.74, 6) is -0.347. The highest BCUT2D eigenvalue weighted by Gasteiger charge is 2.31. The topological polar surface area (TPSA) is 57.7 Å². The van der Waals surface area contributed by atoms with Crippen molar-refractivity contribution in [1.29, 1.82) is 0 Å². The molecule has 0 unspecified atom stereocenters. The van der Waals surface area contributed by atoms with Gasteiger partial charge in [-0.3, -0.25) is 19.4 Å². The third kappa shape index (κ3) is 5.81. The average Bonchev–Trinajstić information content (AvgIpc) is 2.75. The highest BCUT2D eigenvalue weighted by Crippen LogP contribution is 2.13. The maximum atomic E-state index is 13.2. The minimum Gasteiger partial charge on any atom is -0.269 e. The fraction of sp³-hybridized carbons (Fsp3) is 0.286. The van der Waals surface area contributed by atoms with E-state index in [0.29, 0.717) is 35.7 Å². The lowest BCUT2D eigenvalue weighted by atomic mass is 10.2. The molecule has 0 aliphatic heterocycles. The zero-order valence-electron chi connectivity index (χ0n) is 15.4. The van der Waals surface area contributed by atoms with Crippen LogP contribution in [0.15, 0.2) is 60.7 Å². The van der Waals surface area contributed by atoms with Crippen LogP contribution in [0.5, 0.6) is 0 Å². The maximum absolute atomic E-state index is 13.2. The normalized spacial score (nSPS) is 10.4. The Kier molecular flexibility index (Phi) is 8.98. The van der Waals surface area contributed by atoms with Crippen LogP contribution in [0.3, 0.4) is 0 Å². The summed E-state index contributed by atoms with van der Waals surface area (Å²) in [6.07, 6.45) is 0.851. The first-order valence-electron chi connectivity index (χ1n) is 9.00. The van der Waals surface area contributed by atoms with E-state index in [-0.39, 0.29) is 13.1 Å². The lowest BCUT2D eigenvalue weighted by Crippen LogP contribution is -2.49. The monoisotopic (exact) mass is 420 g/mol. The fourth-order valence-corrected chi connectivity index (χ4v) is 2.86. The molecule has 0 saturated carbocycles. The van der Waals surface area contributed by atoms with Crippen LogP contribution in [0, 0.1) is 0 Å². The molecular formula is C21H22Cl2N2O3. The van der Waals surface area contributed by atoms with Gasteiger partial charge in [0, 0.05) is 36.0 Å². The summed E-state index contributed by atoms with van der Waals surface area (Å²) >= 11 is 11.6. The van der Waals surface area contributed by atoms with E-state index < -0.39 is 17.8 Å². The molecule has 0 N–H and O–H groups in total. The van der Waals surface area contributed by atoms with E-state index in [1.807, 2.05) is 0 Å². The van der Waals surface area contributed by atoms with Crippen LogP contribution in [0.2, 0.25) is 0 Å². The van der Waals surface area contributed by atoms with Gasteiger partial charge in [-0.05, 0) is 37.1 Å². The number of rotatable bonds is 8. The van der Waals surface area contributed by atoms with E-state index in [2.05, 4.69) is 0 Å². The van der Waals surface area contributed by atoms with E-state index in [0.717, 1.165) is 9.80 Å². The van der Waals surface area contributed by atoms with E-state index in [9.17, 15) is 14.4 Å². The van der Waals surface area contributed by atoms with E-state index in [1.54, 1.807) is 60.7 Å². The number of alkyl halides is 2. The van der Waals surface area contributed by atoms with Gasteiger partial charge in [0.15, 0.2) is 0 Å². The average molecular weight is 421 g/mol. The molecule has 28 heavy (non-hydrogen) atoms. The van der Waals surface area contributed by atoms with Crippen LogP contribution in [-0.4, -0.2) is 52.5 Å². The van der Waals surface area contributed by atoms with Gasteiger partial charge >= 0.3 is 6.03 Å². The Morgan fingerprint density at radius 1 is 0.643 bits per heavy atom. The van der Waals surface area contributed by atoms with Crippen molar-refractivity contribution in [3.63, 3.8) is 0 Å². The van der Waals surface area contributed by atoms with Gasteiger partial charge < -0.3 is 0 Å². The number of imide groups is 2. The van der Waals surface area contributed by atoms with E-state index in [1.165, 1.54) is 0 Å². The number of hydrogen-bond donors (Lipinski definition) is 0. The summed E-state index contributed by atoms with van der Waals surface area (Å²) in [5, 5.41) is 0. The zero-order valence-corrected chi connectivity index (χ0v) is 16.9. The molecule has 0 aliphatic rings. The Morgan fingerprint density at radius 3 is 1.32 bits per heavy atom. The maximum Gasteiger partial charge on any atom is 0.333 e. The SMILES string of the molecule is O=C(c1ccccc1)N(CCCCl)C(=O)N(CCCCl)C(=O)c1ccccc1. The molecule has 2 aromatic rings. The van der Waals surface area contributed by atoms with Gasteiger partial charge in [-0.1, -0.05) is 36.4 Å². The number of urea groups is 1. The van der Waals surface area contributed by atoms with Gasteiger partial charge in [0.2, 0.25) is 0 Å². The second kappa shape index (κ2) is 11.5. The Balaban J connectivity index is 2.33. The Hall–Kier alpha value is -2.37. The third-order valence-electron chi connectivity index (χ3n) is 4.02. The van der Waals surface area contributed by atoms with Gasteiger partial charge in [-0.2, -0.15) is 0 Å². The van der Waals surface area contributed by atoms with Gasteiger partial charge in [-0.15, -0.1) is 23.2 Å². The number of hydrogen-bond acceptors (Lipinski definition) is 3. The molecular weight excluding hydrogens is 399 g/mol. The van der Waals surface area contributed by atoms with Crippen LogP contribution in [-0.2, 0) is 0 Å². The predicted octanol–water partition coefficient (Wildman–Crippen LogP) is 4.65. The quantitative estimate of drug-likeness (QED) is 0.583. The van der Waals surface area contributed by atoms with Crippen LogP contribution in [0.25, 0.3) is 0 Å². The largest absolute Gasteiger partial charge is 0.333 e. The number of amides is 4. The molecule has 0 fully saturated rings. The molecule has 2 rings (SSSR count). The van der Waals surface area contributed by atoms with Gasteiger partial charge in [-0.25, -0.2) is 4.79 Å². The van der Waals surface area contributed by atoms with Crippen molar-refractivity contribution in [3.05, 3.63) is 71.8 Å². The van der Waals surface area contributed by atoms with Crippen molar-refractivity contribution in [1.82, 2.24) is 9.80 Å². The molecule has 0 aromatic heterocycles. The highest BCUT2D eigenvalue weighted by atomic mass is 35.5. The van der Waals surface area contributed by atoms with Gasteiger partial charge in [0.05, 0.1) is 0 Å². The van der Waals surface area contributed by atoms with Crippen molar-refractivity contribution < 1.29 is 14.4 Å². The molecule has 0 radical (unpaired) electrons. The molecule has 148 valence electrons. The summed E-state index contributed by atoms with van der Waals surface area (Å²) in [6.45, 7) is 0.241. The Labute approximate surface area is 174 Å². The number of halogens is 2. The van der Waals surface area contributed by atoms with E-state index >= 15 is 0 Å². The second-order valence-corrected chi connectivity index (χ2v) is 6.77. The van der Waals surface area contributed by atoms with Crippen molar-refractivity contribution >= 4 is 41.0 Å². The molecule has 0 bridgehead atoms. The third-order valence-corrected chi connectivity index (χ3v) is 4.56. The number of carbonyl (C=O) groups excluding carboxylic acids is 3. The smallest absolute Gasteiger partial charge is 0.269 e. The van der Waals surface area contributed by atoms with Gasteiger partial charge in [0.25, 0.3) is 11.8 Å². The lowest BCUT2D eigenvalue weighted by Gasteiger charge is -2.28. The molecule has 4 amide bonds. The first kappa shape index (κ1) is 21.9. The molecule has 7 heteroatoms. The molecule has 0 saturated heterocycles. The number of carbonyl (C=O) groups is 3.